The number of rotatable bonds is 11. The third-order valence-electron chi connectivity index (χ3n) is 32.4. The molecule has 4 aromatic heterocycles. The van der Waals surface area contributed by atoms with Crippen LogP contribution in [0.5, 0.6) is 0 Å². The Bertz CT molecular complexity index is 10300. The van der Waals surface area contributed by atoms with Crippen molar-refractivity contribution in [3.8, 4) is 95.0 Å². The Morgan fingerprint density at radius 1 is 0.208 bits per heavy atom. The van der Waals surface area contributed by atoms with Crippen LogP contribution < -0.4 is 52.6 Å². The summed E-state index contributed by atoms with van der Waals surface area (Å²) in [5, 5.41) is 17.0. The number of fused-ring (bicyclic) bond motifs is 30. The number of hydrogen-bond donors (Lipinski definition) is 0. The zero-order chi connectivity index (χ0) is 99.5. The van der Waals surface area contributed by atoms with E-state index >= 15 is 13.7 Å². The predicted molar refractivity (Wildman–Crippen MR) is 625 cm³/mol. The van der Waals surface area contributed by atoms with Crippen LogP contribution in [0.3, 0.4) is 0 Å². The molecule has 0 fully saturated rings. The summed E-state index contributed by atoms with van der Waals surface area (Å²) < 4.78 is 60.4. The maximum atomic E-state index is 15.8. The van der Waals surface area contributed by atoms with E-state index in [1.807, 2.05) is 140 Å². The SMILES string of the molecule is CC1(C)c2ccccc2-c2cc(-c3ccc(-n4c5ccccc5c5c6c(ccc54)-c4ccccc4P6(=O)c4ccccc4)cc3)ccc21.CC1(C)c2ccccc2-c2ccc(-c3ccc(-n4c5ccccc5c5c6c(ccc54)-c4ccccc4P6(=O)c4ccccc4)cc3)cc21.O=P1(c2ccccc2)c2ccccc2-c2ccc3c(c21)c1ccccc1n3-c1ccc(N(c2ccccc2)c2ccc3c(c2)oc2ccccc23)cc1. The largest absolute Gasteiger partial charge is 0.456 e. The highest BCUT2D eigenvalue weighted by atomic mass is 31.2. The first-order valence-electron chi connectivity index (χ1n) is 51.2. The Labute approximate surface area is 863 Å². The van der Waals surface area contributed by atoms with Crippen LogP contribution in [0.25, 0.3) is 182 Å². The highest BCUT2D eigenvalue weighted by Crippen LogP contribution is 2.61. The minimum absolute atomic E-state index is 0.00311. The summed E-state index contributed by atoms with van der Waals surface area (Å²) >= 11 is 0. The summed E-state index contributed by atoms with van der Waals surface area (Å²) in [5.74, 6) is 0. The van der Waals surface area contributed by atoms with Crippen molar-refractivity contribution < 1.29 is 18.1 Å². The molecule has 0 N–H and O–H groups in total. The maximum absolute atomic E-state index is 15.8. The molecule has 0 radical (unpaired) electrons. The number of para-hydroxylation sites is 5. The van der Waals surface area contributed by atoms with Crippen molar-refractivity contribution in [2.24, 2.45) is 0 Å². The van der Waals surface area contributed by atoms with E-state index in [4.69, 9.17) is 4.42 Å². The van der Waals surface area contributed by atoms with Crippen LogP contribution in [-0.4, -0.2) is 13.7 Å². The van der Waals surface area contributed by atoms with Crippen molar-refractivity contribution in [1.82, 2.24) is 13.7 Å². The topological polar surface area (TPSA) is 82.4 Å². The average molecular weight is 1970 g/mol. The fourth-order valence-corrected chi connectivity index (χ4v) is 35.5. The van der Waals surface area contributed by atoms with Crippen LogP contribution in [0.2, 0.25) is 0 Å². The van der Waals surface area contributed by atoms with Crippen LogP contribution in [0.1, 0.15) is 49.9 Å². The standard InChI is InChI=1S/C48H31N2O2P.2C45H32NOP/c51-53(36-15-5-2-6-16-36)46-22-12-9-18-39(46)40-29-30-43-47(48(40)53)41-19-7-10-20-42(41)50(43)34-25-23-33(24-26-34)49(32-13-3-1-4-14-32)35-27-28-38-37-17-8-11-21-44(37)52-45(38)31-35;1-45(2)38-17-9-6-14-33(38)37-28-30(22-26-39(37)45)29-20-23-31(24-21-29)46-40-18-10-7-16-36(40)43-41(46)27-25-35-34-15-8-11-19-42(34)48(47,44(35)43)32-12-4-3-5-13-32;1-45(2)38-17-9-6-14-33(38)34-25-22-30(28-39(34)45)29-20-23-31(24-21-29)46-40-18-10-7-16-37(40)43-41(46)27-26-36-35-15-8-11-19-42(35)48(47,44(36)43)32-12-4-3-5-13-32/h1-31H;2*3-28H,1-2H3. The van der Waals surface area contributed by atoms with E-state index < -0.39 is 21.4 Å². The third kappa shape index (κ3) is 13.0. The number of anilines is 3. The normalized spacial score (nSPS) is 16.2. The molecule has 7 heterocycles. The van der Waals surface area contributed by atoms with E-state index in [1.165, 1.54) is 66.8 Å². The van der Waals surface area contributed by atoms with Gasteiger partial charge in [-0.15, -0.1) is 0 Å². The second-order valence-corrected chi connectivity index (χ2v) is 48.9. The highest BCUT2D eigenvalue weighted by molar-refractivity contribution is 7.88. The molecule has 3 atom stereocenters. The van der Waals surface area contributed by atoms with E-state index in [-0.39, 0.29) is 10.8 Å². The van der Waals surface area contributed by atoms with Gasteiger partial charge in [0.1, 0.15) is 11.2 Å². The summed E-state index contributed by atoms with van der Waals surface area (Å²) in [6.07, 6.45) is 0. The van der Waals surface area contributed by atoms with Gasteiger partial charge in [0.2, 0.25) is 0 Å². The molecule has 8 nitrogen and oxygen atoms in total. The molecular formula is C138H95N4O4P3. The molecule has 26 aromatic rings. The third-order valence-corrected chi connectivity index (χ3v) is 42.0. The molecule has 149 heavy (non-hydrogen) atoms. The lowest BCUT2D eigenvalue weighted by atomic mass is 9.81. The summed E-state index contributed by atoms with van der Waals surface area (Å²) in [6.45, 7) is 9.31. The molecule has 22 aromatic carbocycles. The molecule has 0 amide bonds. The molecule has 0 spiro atoms. The fourth-order valence-electron chi connectivity index (χ4n) is 25.6. The molecule has 2 aliphatic carbocycles. The minimum Gasteiger partial charge on any atom is -0.456 e. The zero-order valence-corrected chi connectivity index (χ0v) is 84.9. The Balaban J connectivity index is 0.000000105. The van der Waals surface area contributed by atoms with Gasteiger partial charge in [-0.1, -0.05) is 398 Å². The summed E-state index contributed by atoms with van der Waals surface area (Å²) in [4.78, 5) is 2.27. The molecule has 31 rings (SSSR count). The Morgan fingerprint density at radius 2 is 0.517 bits per heavy atom. The first-order chi connectivity index (χ1) is 73.1. The quantitative estimate of drug-likeness (QED) is 0.121. The van der Waals surface area contributed by atoms with Crippen molar-refractivity contribution in [3.63, 3.8) is 0 Å². The van der Waals surface area contributed by atoms with Gasteiger partial charge in [-0.05, 0) is 228 Å². The number of nitrogens with zero attached hydrogens (tertiary/aromatic N) is 4. The van der Waals surface area contributed by atoms with E-state index in [0.717, 1.165) is 203 Å². The summed E-state index contributed by atoms with van der Waals surface area (Å²) in [5.41, 5.74) is 36.6. The first kappa shape index (κ1) is 88.1. The minimum atomic E-state index is -3.17. The van der Waals surface area contributed by atoms with Crippen LogP contribution in [0.15, 0.2) is 508 Å². The molecule has 3 unspecified atom stereocenters. The lowest BCUT2D eigenvalue weighted by Gasteiger charge is -2.25. The first-order valence-corrected chi connectivity index (χ1v) is 56.3. The number of furan rings is 1. The van der Waals surface area contributed by atoms with Gasteiger partial charge in [0, 0.05) is 142 Å². The Hall–Kier alpha value is -17.5. The lowest BCUT2D eigenvalue weighted by Crippen LogP contribution is -2.21. The monoisotopic (exact) mass is 1960 g/mol. The predicted octanol–water partition coefficient (Wildman–Crippen LogP) is 32.5. The van der Waals surface area contributed by atoms with Gasteiger partial charge in [0.05, 0.1) is 33.1 Å². The molecule has 0 saturated heterocycles. The van der Waals surface area contributed by atoms with Gasteiger partial charge in [-0.2, -0.15) is 0 Å². The van der Waals surface area contributed by atoms with Gasteiger partial charge < -0.3 is 36.7 Å². The maximum Gasteiger partial charge on any atom is 0.172 e. The van der Waals surface area contributed by atoms with E-state index in [2.05, 4.69) is 410 Å². The summed E-state index contributed by atoms with van der Waals surface area (Å²) in [7, 11) is -9.44. The van der Waals surface area contributed by atoms with Gasteiger partial charge >= 0.3 is 0 Å². The number of aromatic nitrogens is 3. The van der Waals surface area contributed by atoms with E-state index in [0.29, 0.717) is 0 Å². The number of benzene rings is 22. The fraction of sp³-hybridized carbons (Fsp3) is 0.0435. The zero-order valence-electron chi connectivity index (χ0n) is 82.2. The van der Waals surface area contributed by atoms with Crippen molar-refractivity contribution in [1.29, 1.82) is 0 Å². The molecule has 0 bridgehead atoms. The molecule has 11 heteroatoms. The van der Waals surface area contributed by atoms with Crippen molar-refractivity contribution in [2.75, 3.05) is 4.90 Å². The second kappa shape index (κ2) is 33.5. The van der Waals surface area contributed by atoms with E-state index in [1.54, 1.807) is 0 Å². The Morgan fingerprint density at radius 3 is 0.966 bits per heavy atom. The molecule has 706 valence electrons. The van der Waals surface area contributed by atoms with Crippen molar-refractivity contribution in [3.05, 3.63) is 526 Å². The summed E-state index contributed by atoms with van der Waals surface area (Å²) in [6, 6.07) is 177. The molecule has 3 aliphatic heterocycles. The van der Waals surface area contributed by atoms with Crippen molar-refractivity contribution >= 4 is 174 Å². The van der Waals surface area contributed by atoms with Gasteiger partial charge in [-0.3, -0.25) is 0 Å². The second-order valence-electron chi connectivity index (χ2n) is 40.9. The van der Waals surface area contributed by atoms with Crippen molar-refractivity contribution in [2.45, 2.75) is 38.5 Å². The van der Waals surface area contributed by atoms with E-state index in [9.17, 15) is 0 Å². The Kier molecular flexibility index (Phi) is 19.8. The van der Waals surface area contributed by atoms with Crippen LogP contribution in [-0.2, 0) is 24.5 Å². The molecule has 5 aliphatic rings. The van der Waals surface area contributed by atoms with Gasteiger partial charge in [-0.25, -0.2) is 0 Å². The average Bonchev–Trinajstić information content (AvgIpc) is 1.53. The smallest absolute Gasteiger partial charge is 0.172 e. The van der Waals surface area contributed by atoms with Crippen LogP contribution in [0, 0.1) is 0 Å². The molecule has 0 saturated carbocycles. The lowest BCUT2D eigenvalue weighted by molar-refractivity contribution is 0.592. The molecular weight excluding hydrogens is 1870 g/mol. The van der Waals surface area contributed by atoms with Crippen LogP contribution in [0.4, 0.5) is 17.1 Å². The van der Waals surface area contributed by atoms with Gasteiger partial charge in [0.15, 0.2) is 21.4 Å². The van der Waals surface area contributed by atoms with Crippen LogP contribution >= 0.6 is 21.4 Å². The number of hydrogen-bond acceptors (Lipinski definition) is 5. The van der Waals surface area contributed by atoms with Gasteiger partial charge in [0.25, 0.3) is 0 Å². The highest BCUT2D eigenvalue weighted by Gasteiger charge is 2.47.